The van der Waals surface area contributed by atoms with Crippen molar-refractivity contribution in [2.45, 2.75) is 32.9 Å². The second kappa shape index (κ2) is 8.48. The van der Waals surface area contributed by atoms with E-state index in [4.69, 9.17) is 4.52 Å². The molecule has 0 aliphatic rings. The summed E-state index contributed by atoms with van der Waals surface area (Å²) in [5.41, 5.74) is 2.02. The van der Waals surface area contributed by atoms with Gasteiger partial charge in [-0.25, -0.2) is 9.78 Å². The van der Waals surface area contributed by atoms with Crippen LogP contribution in [-0.4, -0.2) is 44.2 Å². The number of aryl methyl sites for hydroxylation is 1. The third-order valence-corrected chi connectivity index (χ3v) is 4.34. The minimum absolute atomic E-state index is 0.178. The van der Waals surface area contributed by atoms with Gasteiger partial charge in [-0.15, -0.1) is 0 Å². The molecule has 1 N–H and O–H groups in total. The Hall–Kier alpha value is -3.16. The minimum Gasteiger partial charge on any atom is -0.338 e. The highest BCUT2D eigenvalue weighted by Gasteiger charge is 2.15. The standard InChI is InChI=1S/C19H24N6O2/c1-14-5-4-6-16(11-14)18-22-17(27-23-18)12-24(3)19(26)21-8-7-15(2)25-10-9-20-13-25/h4-6,9-11,13,15H,7-8,12H2,1-3H3,(H,21,26)/t15-/m1/s1. The number of rotatable bonds is 7. The monoisotopic (exact) mass is 368 g/mol. The van der Waals surface area contributed by atoms with Gasteiger partial charge in [0.05, 0.1) is 6.33 Å². The van der Waals surface area contributed by atoms with Gasteiger partial charge in [0, 0.05) is 37.6 Å². The third-order valence-electron chi connectivity index (χ3n) is 4.34. The number of carbonyl (C=O) groups excluding carboxylic acids is 1. The molecule has 1 atom stereocenters. The van der Waals surface area contributed by atoms with Crippen LogP contribution in [0.3, 0.4) is 0 Å². The van der Waals surface area contributed by atoms with Crippen LogP contribution < -0.4 is 5.32 Å². The third kappa shape index (κ3) is 4.93. The molecule has 1 aromatic carbocycles. The van der Waals surface area contributed by atoms with Crippen molar-refractivity contribution in [3.63, 3.8) is 0 Å². The summed E-state index contributed by atoms with van der Waals surface area (Å²) < 4.78 is 7.29. The molecular formula is C19H24N6O2. The molecule has 0 saturated carbocycles. The average Bonchev–Trinajstić information content (AvgIpc) is 3.33. The van der Waals surface area contributed by atoms with E-state index in [0.29, 0.717) is 18.3 Å². The zero-order chi connectivity index (χ0) is 19.2. The van der Waals surface area contributed by atoms with Gasteiger partial charge in [-0.3, -0.25) is 0 Å². The molecule has 2 heterocycles. The number of hydrogen-bond donors (Lipinski definition) is 1. The van der Waals surface area contributed by atoms with E-state index in [1.165, 1.54) is 4.90 Å². The lowest BCUT2D eigenvalue weighted by Gasteiger charge is -2.17. The van der Waals surface area contributed by atoms with Crippen molar-refractivity contribution in [1.29, 1.82) is 0 Å². The molecule has 27 heavy (non-hydrogen) atoms. The van der Waals surface area contributed by atoms with Crippen molar-refractivity contribution in [2.24, 2.45) is 0 Å². The summed E-state index contributed by atoms with van der Waals surface area (Å²) in [6, 6.07) is 7.97. The quantitative estimate of drug-likeness (QED) is 0.692. The second-order valence-electron chi connectivity index (χ2n) is 6.62. The summed E-state index contributed by atoms with van der Waals surface area (Å²) in [4.78, 5) is 22.2. The molecule has 0 bridgehead atoms. The Kier molecular flexibility index (Phi) is 5.85. The van der Waals surface area contributed by atoms with Crippen LogP contribution in [0.2, 0.25) is 0 Å². The van der Waals surface area contributed by atoms with E-state index in [0.717, 1.165) is 17.5 Å². The van der Waals surface area contributed by atoms with Gasteiger partial charge in [-0.1, -0.05) is 28.9 Å². The molecule has 0 fully saturated rings. The molecule has 3 aromatic rings. The van der Waals surface area contributed by atoms with E-state index in [9.17, 15) is 4.79 Å². The van der Waals surface area contributed by atoms with Gasteiger partial charge in [0.1, 0.15) is 6.54 Å². The number of urea groups is 1. The van der Waals surface area contributed by atoms with Crippen molar-refractivity contribution in [1.82, 2.24) is 29.9 Å². The fourth-order valence-corrected chi connectivity index (χ4v) is 2.70. The Morgan fingerprint density at radius 3 is 3.00 bits per heavy atom. The smallest absolute Gasteiger partial charge is 0.317 e. The fraction of sp³-hybridized carbons (Fsp3) is 0.368. The number of carbonyl (C=O) groups is 1. The van der Waals surface area contributed by atoms with Gasteiger partial charge in [-0.2, -0.15) is 4.98 Å². The molecule has 8 nitrogen and oxygen atoms in total. The number of nitrogens with one attached hydrogen (secondary N) is 1. The Morgan fingerprint density at radius 2 is 2.26 bits per heavy atom. The number of imidazole rings is 1. The lowest BCUT2D eigenvalue weighted by Crippen LogP contribution is -2.37. The molecule has 8 heteroatoms. The lowest BCUT2D eigenvalue weighted by molar-refractivity contribution is 0.199. The van der Waals surface area contributed by atoms with Crippen LogP contribution >= 0.6 is 0 Å². The molecule has 0 aliphatic carbocycles. The highest BCUT2D eigenvalue weighted by atomic mass is 16.5. The predicted octanol–water partition coefficient (Wildman–Crippen LogP) is 3.03. The maximum absolute atomic E-state index is 12.2. The first-order chi connectivity index (χ1) is 13.0. The van der Waals surface area contributed by atoms with Crippen LogP contribution in [0.4, 0.5) is 4.79 Å². The predicted molar refractivity (Wildman–Crippen MR) is 101 cm³/mol. The van der Waals surface area contributed by atoms with Gasteiger partial charge in [0.2, 0.25) is 11.7 Å². The zero-order valence-electron chi connectivity index (χ0n) is 15.8. The molecule has 2 aromatic heterocycles. The summed E-state index contributed by atoms with van der Waals surface area (Å²) in [5, 5.41) is 6.91. The van der Waals surface area contributed by atoms with Crippen LogP contribution in [0.15, 0.2) is 47.5 Å². The maximum Gasteiger partial charge on any atom is 0.317 e. The molecule has 0 spiro atoms. The molecular weight excluding hydrogens is 344 g/mol. The first-order valence-corrected chi connectivity index (χ1v) is 8.89. The Balaban J connectivity index is 1.48. The molecule has 0 radical (unpaired) electrons. The minimum atomic E-state index is -0.178. The zero-order valence-corrected chi connectivity index (χ0v) is 15.8. The molecule has 0 saturated heterocycles. The molecule has 3 rings (SSSR count). The number of amides is 2. The van der Waals surface area contributed by atoms with Crippen LogP contribution in [0, 0.1) is 6.92 Å². The second-order valence-corrected chi connectivity index (χ2v) is 6.62. The summed E-state index contributed by atoms with van der Waals surface area (Å²) in [7, 11) is 1.70. The van der Waals surface area contributed by atoms with E-state index < -0.39 is 0 Å². The first kappa shape index (κ1) is 18.6. The maximum atomic E-state index is 12.2. The van der Waals surface area contributed by atoms with Gasteiger partial charge in [0.15, 0.2) is 0 Å². The van der Waals surface area contributed by atoms with Crippen LogP contribution in [0.25, 0.3) is 11.4 Å². The van der Waals surface area contributed by atoms with Crippen molar-refractivity contribution < 1.29 is 9.32 Å². The average molecular weight is 368 g/mol. The SMILES string of the molecule is Cc1cccc(-c2noc(CN(C)C(=O)NCC[C@@H](C)n3ccnc3)n2)c1. The van der Waals surface area contributed by atoms with E-state index in [1.807, 2.05) is 42.0 Å². The van der Waals surface area contributed by atoms with E-state index >= 15 is 0 Å². The van der Waals surface area contributed by atoms with Crippen molar-refractivity contribution in [3.05, 3.63) is 54.4 Å². The Labute approximate surface area is 158 Å². The normalized spacial score (nSPS) is 12.0. The largest absolute Gasteiger partial charge is 0.338 e. The summed E-state index contributed by atoms with van der Waals surface area (Å²) in [6.07, 6.45) is 6.26. The molecule has 142 valence electrons. The Bertz CT molecular complexity index is 874. The van der Waals surface area contributed by atoms with Gasteiger partial charge in [-0.05, 0) is 26.3 Å². The number of aromatic nitrogens is 4. The number of benzene rings is 1. The summed E-state index contributed by atoms with van der Waals surface area (Å²) in [6.45, 7) is 4.92. The summed E-state index contributed by atoms with van der Waals surface area (Å²) in [5.74, 6) is 0.924. The summed E-state index contributed by atoms with van der Waals surface area (Å²) >= 11 is 0. The number of nitrogens with zero attached hydrogens (tertiary/aromatic N) is 5. The van der Waals surface area contributed by atoms with Crippen molar-refractivity contribution >= 4 is 6.03 Å². The van der Waals surface area contributed by atoms with E-state index in [2.05, 4.69) is 27.4 Å². The van der Waals surface area contributed by atoms with Crippen LogP contribution in [0.1, 0.15) is 30.8 Å². The van der Waals surface area contributed by atoms with E-state index in [-0.39, 0.29) is 18.6 Å². The molecule has 2 amide bonds. The van der Waals surface area contributed by atoms with Crippen molar-refractivity contribution in [2.75, 3.05) is 13.6 Å². The Morgan fingerprint density at radius 1 is 1.41 bits per heavy atom. The molecule has 0 aliphatic heterocycles. The number of hydrogen-bond acceptors (Lipinski definition) is 5. The lowest BCUT2D eigenvalue weighted by atomic mass is 10.1. The van der Waals surface area contributed by atoms with Crippen LogP contribution in [-0.2, 0) is 6.54 Å². The molecule has 0 unspecified atom stereocenters. The highest BCUT2D eigenvalue weighted by Crippen LogP contribution is 2.17. The van der Waals surface area contributed by atoms with Crippen LogP contribution in [0.5, 0.6) is 0 Å². The highest BCUT2D eigenvalue weighted by molar-refractivity contribution is 5.73. The van der Waals surface area contributed by atoms with Gasteiger partial charge < -0.3 is 19.3 Å². The topological polar surface area (TPSA) is 89.1 Å². The van der Waals surface area contributed by atoms with Gasteiger partial charge >= 0.3 is 6.03 Å². The van der Waals surface area contributed by atoms with E-state index in [1.54, 1.807) is 19.6 Å². The van der Waals surface area contributed by atoms with Crippen molar-refractivity contribution in [3.8, 4) is 11.4 Å². The first-order valence-electron chi connectivity index (χ1n) is 8.89. The van der Waals surface area contributed by atoms with Gasteiger partial charge in [0.25, 0.3) is 0 Å². The fourth-order valence-electron chi connectivity index (χ4n) is 2.70.